The molecule has 50 heavy (non-hydrogen) atoms. The van der Waals surface area contributed by atoms with Crippen LogP contribution in [0.2, 0.25) is 0 Å². The van der Waals surface area contributed by atoms with Crippen LogP contribution in [0.15, 0.2) is 164 Å². The van der Waals surface area contributed by atoms with Crippen molar-refractivity contribution in [2.45, 2.75) is 0 Å². The van der Waals surface area contributed by atoms with Gasteiger partial charge in [-0.3, -0.25) is 9.36 Å². The van der Waals surface area contributed by atoms with Crippen LogP contribution in [0.25, 0.3) is 105 Å². The predicted octanol–water partition coefficient (Wildman–Crippen LogP) is 11.4. The zero-order chi connectivity index (χ0) is 32.9. The molecule has 0 saturated carbocycles. The molecule has 0 saturated heterocycles. The third-order valence-electron chi connectivity index (χ3n) is 9.85. The van der Waals surface area contributed by atoms with Crippen LogP contribution >= 0.6 is 0 Å². The summed E-state index contributed by atoms with van der Waals surface area (Å²) >= 11 is 0. The molecule has 6 heteroatoms. The van der Waals surface area contributed by atoms with Crippen LogP contribution in [0.3, 0.4) is 0 Å². The van der Waals surface area contributed by atoms with E-state index < -0.39 is 0 Å². The van der Waals surface area contributed by atoms with Gasteiger partial charge in [-0.2, -0.15) is 0 Å². The average Bonchev–Trinajstić information content (AvgIpc) is 3.86. The quantitative estimate of drug-likeness (QED) is 0.191. The van der Waals surface area contributed by atoms with Crippen molar-refractivity contribution in [1.82, 2.24) is 9.55 Å². The standard InChI is InChI=1S/C44H24N2O4/c47-44-27-23-22-25(26-13-7-19-37-40(26)28-10-1-4-16-34(28)48-37)24-32(27)45-43(31-14-8-20-38-41(31)29-11-2-5-17-35(29)49-38)46(44)33-15-9-21-39-42(33)30-12-3-6-18-36(30)50-39/h1-24H. The molecule has 234 valence electrons. The van der Waals surface area contributed by atoms with Gasteiger partial charge in [0.15, 0.2) is 0 Å². The second kappa shape index (κ2) is 10.0. The number of benzene rings is 7. The summed E-state index contributed by atoms with van der Waals surface area (Å²) in [6, 6.07) is 47.7. The van der Waals surface area contributed by atoms with Crippen LogP contribution in [-0.2, 0) is 0 Å². The minimum absolute atomic E-state index is 0.175. The van der Waals surface area contributed by atoms with Gasteiger partial charge in [0.2, 0.25) is 0 Å². The summed E-state index contributed by atoms with van der Waals surface area (Å²) < 4.78 is 20.5. The first-order valence-corrected chi connectivity index (χ1v) is 16.5. The summed E-state index contributed by atoms with van der Waals surface area (Å²) in [6.07, 6.45) is 0. The van der Waals surface area contributed by atoms with E-state index >= 15 is 4.79 Å². The topological polar surface area (TPSA) is 74.3 Å². The molecule has 0 spiro atoms. The molecule has 11 aromatic rings. The lowest BCUT2D eigenvalue weighted by atomic mass is 9.98. The molecule has 0 amide bonds. The molecule has 0 unspecified atom stereocenters. The fourth-order valence-electron chi connectivity index (χ4n) is 7.68. The Morgan fingerprint density at radius 1 is 0.440 bits per heavy atom. The third kappa shape index (κ3) is 3.73. The van der Waals surface area contributed by atoms with Crippen molar-refractivity contribution in [3.05, 3.63) is 156 Å². The molecule has 0 bridgehead atoms. The fourth-order valence-corrected chi connectivity index (χ4v) is 7.68. The summed E-state index contributed by atoms with van der Waals surface area (Å²) in [5.74, 6) is 0.515. The lowest BCUT2D eigenvalue weighted by molar-refractivity contribution is 0.668. The minimum Gasteiger partial charge on any atom is -0.456 e. The van der Waals surface area contributed by atoms with Gasteiger partial charge < -0.3 is 13.3 Å². The van der Waals surface area contributed by atoms with Gasteiger partial charge in [-0.15, -0.1) is 0 Å². The monoisotopic (exact) mass is 644 g/mol. The maximum Gasteiger partial charge on any atom is 0.266 e. The van der Waals surface area contributed by atoms with E-state index in [4.69, 9.17) is 18.2 Å². The van der Waals surface area contributed by atoms with E-state index in [2.05, 4.69) is 12.1 Å². The number of aromatic nitrogens is 2. The number of rotatable bonds is 3. The van der Waals surface area contributed by atoms with Crippen LogP contribution in [0, 0.1) is 0 Å². The van der Waals surface area contributed by atoms with E-state index in [1.807, 2.05) is 133 Å². The maximum absolute atomic E-state index is 15.0. The number of para-hydroxylation sites is 3. The van der Waals surface area contributed by atoms with Gasteiger partial charge in [0.25, 0.3) is 5.56 Å². The van der Waals surface area contributed by atoms with Crippen LogP contribution in [0.4, 0.5) is 0 Å². The Bertz CT molecular complexity index is 3250. The molecule has 4 aromatic heterocycles. The Kier molecular flexibility index (Phi) is 5.44. The molecular formula is C44H24N2O4. The molecular weight excluding hydrogens is 620 g/mol. The van der Waals surface area contributed by atoms with E-state index in [-0.39, 0.29) is 5.56 Å². The summed E-state index contributed by atoms with van der Waals surface area (Å²) in [5, 5.41) is 6.23. The molecule has 7 aromatic carbocycles. The molecule has 11 rings (SSSR count). The second-order valence-electron chi connectivity index (χ2n) is 12.6. The zero-order valence-electron chi connectivity index (χ0n) is 26.4. The number of hydrogen-bond acceptors (Lipinski definition) is 5. The summed E-state index contributed by atoms with van der Waals surface area (Å²) in [5.41, 5.74) is 8.47. The van der Waals surface area contributed by atoms with Crippen molar-refractivity contribution in [3.8, 4) is 28.2 Å². The van der Waals surface area contributed by atoms with E-state index in [9.17, 15) is 0 Å². The Morgan fingerprint density at radius 3 is 1.58 bits per heavy atom. The highest BCUT2D eigenvalue weighted by atomic mass is 16.3. The van der Waals surface area contributed by atoms with Crippen molar-refractivity contribution in [3.63, 3.8) is 0 Å². The second-order valence-corrected chi connectivity index (χ2v) is 12.6. The molecule has 0 aliphatic heterocycles. The van der Waals surface area contributed by atoms with E-state index in [0.29, 0.717) is 28.0 Å². The minimum atomic E-state index is -0.175. The van der Waals surface area contributed by atoms with Gasteiger partial charge in [0, 0.05) is 32.5 Å². The normalized spacial score (nSPS) is 12.1. The van der Waals surface area contributed by atoms with Gasteiger partial charge in [0.05, 0.1) is 22.0 Å². The molecule has 6 nitrogen and oxygen atoms in total. The average molecular weight is 645 g/mol. The van der Waals surface area contributed by atoms with Crippen molar-refractivity contribution in [2.24, 2.45) is 0 Å². The molecule has 4 heterocycles. The number of furan rings is 3. The summed E-state index contributed by atoms with van der Waals surface area (Å²) in [4.78, 5) is 20.4. The Hall–Kier alpha value is -6.92. The van der Waals surface area contributed by atoms with E-state index in [1.54, 1.807) is 4.57 Å². The Balaban J connectivity index is 1.26. The summed E-state index contributed by atoms with van der Waals surface area (Å²) in [6.45, 7) is 0. The SMILES string of the molecule is O=c1c2ccc(-c3cccc4oc5ccccc5c34)cc2nc(-c2cccc3oc4ccccc4c23)n1-c1cccc2oc3ccccc3c12. The fraction of sp³-hybridized carbons (Fsp3) is 0. The van der Waals surface area contributed by atoms with Crippen molar-refractivity contribution < 1.29 is 13.3 Å². The van der Waals surface area contributed by atoms with Crippen molar-refractivity contribution in [2.75, 3.05) is 0 Å². The van der Waals surface area contributed by atoms with Crippen LogP contribution in [0.5, 0.6) is 0 Å². The smallest absolute Gasteiger partial charge is 0.266 e. The Labute approximate surface area is 283 Å². The van der Waals surface area contributed by atoms with Gasteiger partial charge in [-0.05, 0) is 65.7 Å². The van der Waals surface area contributed by atoms with Crippen molar-refractivity contribution in [1.29, 1.82) is 0 Å². The predicted molar refractivity (Wildman–Crippen MR) is 200 cm³/mol. The molecule has 0 radical (unpaired) electrons. The summed E-state index contributed by atoms with van der Waals surface area (Å²) in [7, 11) is 0. The third-order valence-corrected chi connectivity index (χ3v) is 9.85. The van der Waals surface area contributed by atoms with Crippen LogP contribution in [-0.4, -0.2) is 9.55 Å². The molecule has 0 aliphatic carbocycles. The highest BCUT2D eigenvalue weighted by Gasteiger charge is 2.23. The first-order valence-electron chi connectivity index (χ1n) is 16.5. The van der Waals surface area contributed by atoms with Crippen LogP contribution < -0.4 is 5.56 Å². The maximum atomic E-state index is 15.0. The van der Waals surface area contributed by atoms with E-state index in [1.165, 1.54) is 0 Å². The largest absolute Gasteiger partial charge is 0.456 e. The molecule has 0 atom stereocenters. The molecule has 0 fully saturated rings. The first kappa shape index (κ1) is 27.1. The number of hydrogen-bond donors (Lipinski definition) is 0. The highest BCUT2D eigenvalue weighted by Crippen LogP contribution is 2.40. The zero-order valence-corrected chi connectivity index (χ0v) is 26.4. The first-order chi connectivity index (χ1) is 24.7. The van der Waals surface area contributed by atoms with Gasteiger partial charge in [0.1, 0.15) is 39.3 Å². The van der Waals surface area contributed by atoms with Gasteiger partial charge in [-0.25, -0.2) is 4.98 Å². The van der Waals surface area contributed by atoms with Gasteiger partial charge >= 0.3 is 0 Å². The molecule has 0 aliphatic rings. The van der Waals surface area contributed by atoms with Crippen LogP contribution in [0.1, 0.15) is 0 Å². The lowest BCUT2D eigenvalue weighted by Gasteiger charge is -2.16. The van der Waals surface area contributed by atoms with Gasteiger partial charge in [-0.1, -0.05) is 91.0 Å². The Morgan fingerprint density at radius 2 is 0.940 bits per heavy atom. The number of fused-ring (bicyclic) bond motifs is 10. The lowest BCUT2D eigenvalue weighted by Crippen LogP contribution is -2.22. The highest BCUT2D eigenvalue weighted by molar-refractivity contribution is 6.14. The molecule has 0 N–H and O–H groups in total. The van der Waals surface area contributed by atoms with E-state index in [0.717, 1.165) is 76.9 Å². The van der Waals surface area contributed by atoms with Crippen molar-refractivity contribution >= 4 is 76.7 Å². The number of nitrogens with zero attached hydrogens (tertiary/aromatic N) is 2.